The average Bonchev–Trinajstić information content (AvgIpc) is 3.03. The van der Waals surface area contributed by atoms with Gasteiger partial charge in [0.25, 0.3) is 0 Å². The minimum atomic E-state index is -4.00. The van der Waals surface area contributed by atoms with E-state index in [0.717, 1.165) is 0 Å². The maximum atomic E-state index is 13.4. The fraction of sp³-hybridized carbons (Fsp3) is 0.450. The fourth-order valence-corrected chi connectivity index (χ4v) is 5.63. The number of aryl methyl sites for hydroxylation is 2. The first kappa shape index (κ1) is 22.0. The van der Waals surface area contributed by atoms with Gasteiger partial charge in [0.05, 0.1) is 12.5 Å². The summed E-state index contributed by atoms with van der Waals surface area (Å²) in [7, 11) is -4.00. The summed E-state index contributed by atoms with van der Waals surface area (Å²) in [6.07, 6.45) is 2.68. The highest BCUT2D eigenvalue weighted by Crippen LogP contribution is 2.30. The van der Waals surface area contributed by atoms with Crippen LogP contribution in [0.4, 0.5) is 5.82 Å². The summed E-state index contributed by atoms with van der Waals surface area (Å²) >= 11 is 0. The van der Waals surface area contributed by atoms with Crippen LogP contribution >= 0.6 is 0 Å². The molecule has 0 aromatic carbocycles. The molecule has 2 aromatic rings. The normalized spacial score (nSPS) is 17.5. The lowest BCUT2D eigenvalue weighted by Crippen LogP contribution is -2.44. The summed E-state index contributed by atoms with van der Waals surface area (Å²) < 4.78 is 33.2. The van der Waals surface area contributed by atoms with Gasteiger partial charge in [-0.05, 0) is 45.7 Å². The largest absolute Gasteiger partial charge is 0.462 e. The minimum absolute atomic E-state index is 0.0226. The molecule has 1 amide bonds. The number of pyridine rings is 1. The second-order valence-corrected chi connectivity index (χ2v) is 9.08. The van der Waals surface area contributed by atoms with Crippen LogP contribution < -0.4 is 5.32 Å². The molecule has 30 heavy (non-hydrogen) atoms. The van der Waals surface area contributed by atoms with Crippen LogP contribution in [0.1, 0.15) is 41.5 Å². The Hall–Kier alpha value is -2.72. The van der Waals surface area contributed by atoms with E-state index in [2.05, 4.69) is 15.3 Å². The van der Waals surface area contributed by atoms with Crippen LogP contribution in [0.25, 0.3) is 0 Å². The maximum absolute atomic E-state index is 13.4. The van der Waals surface area contributed by atoms with E-state index >= 15 is 0 Å². The first-order valence-corrected chi connectivity index (χ1v) is 11.3. The lowest BCUT2D eigenvalue weighted by molar-refractivity contribution is -0.120. The van der Waals surface area contributed by atoms with E-state index in [9.17, 15) is 18.0 Å². The number of nitrogens with one attached hydrogen (secondary N) is 2. The van der Waals surface area contributed by atoms with Crippen molar-refractivity contribution in [3.63, 3.8) is 0 Å². The molecule has 2 N–H and O–H groups in total. The zero-order valence-electron chi connectivity index (χ0n) is 17.3. The molecule has 1 fully saturated rings. The number of hydrogen-bond acceptors (Lipinski definition) is 6. The molecule has 3 heterocycles. The summed E-state index contributed by atoms with van der Waals surface area (Å²) in [6, 6.07) is 5.17. The third kappa shape index (κ3) is 4.39. The highest BCUT2D eigenvalue weighted by atomic mass is 32.2. The summed E-state index contributed by atoms with van der Waals surface area (Å²) in [5, 5.41) is 2.73. The number of hydrogen-bond donors (Lipinski definition) is 2. The molecule has 9 nitrogen and oxygen atoms in total. The van der Waals surface area contributed by atoms with Crippen LogP contribution in [0.15, 0.2) is 29.3 Å². The molecule has 0 saturated carbocycles. The second-order valence-electron chi connectivity index (χ2n) is 7.21. The van der Waals surface area contributed by atoms with Crippen molar-refractivity contribution < 1.29 is 22.7 Å². The molecule has 0 unspecified atom stereocenters. The van der Waals surface area contributed by atoms with E-state index in [0.29, 0.717) is 30.0 Å². The van der Waals surface area contributed by atoms with Crippen LogP contribution in [0.3, 0.4) is 0 Å². The molecule has 162 valence electrons. The van der Waals surface area contributed by atoms with Gasteiger partial charge in [0.1, 0.15) is 16.3 Å². The monoisotopic (exact) mass is 434 g/mol. The van der Waals surface area contributed by atoms with Crippen LogP contribution in [0, 0.1) is 19.8 Å². The van der Waals surface area contributed by atoms with Crippen LogP contribution in [0.5, 0.6) is 0 Å². The van der Waals surface area contributed by atoms with Crippen LogP contribution in [-0.2, 0) is 19.6 Å². The number of sulfonamides is 1. The number of ether oxygens (including phenoxy) is 1. The first-order chi connectivity index (χ1) is 14.3. The Morgan fingerprint density at radius 1 is 1.30 bits per heavy atom. The molecular formula is C20H26N4O5S. The van der Waals surface area contributed by atoms with Gasteiger partial charge in [0.15, 0.2) is 0 Å². The number of nitrogens with zero attached hydrogens (tertiary/aromatic N) is 2. The van der Waals surface area contributed by atoms with Gasteiger partial charge < -0.3 is 15.0 Å². The second kappa shape index (κ2) is 8.97. The van der Waals surface area contributed by atoms with Gasteiger partial charge in [-0.25, -0.2) is 18.2 Å². The summed E-state index contributed by atoms with van der Waals surface area (Å²) in [4.78, 5) is 32.0. The van der Waals surface area contributed by atoms with Crippen molar-refractivity contribution in [2.45, 2.75) is 38.5 Å². The first-order valence-electron chi connectivity index (χ1n) is 9.84. The molecule has 3 rings (SSSR count). The average molecular weight is 435 g/mol. The summed E-state index contributed by atoms with van der Waals surface area (Å²) in [6.45, 7) is 5.36. The molecule has 0 radical (unpaired) electrons. The van der Waals surface area contributed by atoms with Crippen LogP contribution in [0.2, 0.25) is 0 Å². The molecule has 0 bridgehead atoms. The van der Waals surface area contributed by atoms with E-state index in [1.54, 1.807) is 45.2 Å². The number of H-pyrrole nitrogens is 1. The van der Waals surface area contributed by atoms with Crippen molar-refractivity contribution in [2.24, 2.45) is 5.92 Å². The fourth-order valence-electron chi connectivity index (χ4n) is 3.70. The number of carbonyl (C=O) groups is 2. The van der Waals surface area contributed by atoms with Gasteiger partial charge in [-0.2, -0.15) is 4.31 Å². The Labute approximate surface area is 175 Å². The predicted octanol–water partition coefficient (Wildman–Crippen LogP) is 2.24. The van der Waals surface area contributed by atoms with Gasteiger partial charge in [0.2, 0.25) is 15.9 Å². The molecule has 2 aromatic heterocycles. The van der Waals surface area contributed by atoms with Crippen molar-refractivity contribution in [1.82, 2.24) is 14.3 Å². The van der Waals surface area contributed by atoms with E-state index in [1.165, 1.54) is 4.31 Å². The molecule has 1 aliphatic rings. The molecule has 10 heteroatoms. The van der Waals surface area contributed by atoms with Crippen LogP contribution in [-0.4, -0.2) is 54.3 Å². The van der Waals surface area contributed by atoms with Gasteiger partial charge in [-0.3, -0.25) is 4.79 Å². The SMILES string of the molecule is CCOC(=O)c1c(C)[nH]c(C)c1S(=O)(=O)N1CCC[C@@H](C(=O)Nc2ccccn2)C1. The summed E-state index contributed by atoms with van der Waals surface area (Å²) in [5.41, 5.74) is 0.830. The van der Waals surface area contributed by atoms with Gasteiger partial charge in [-0.15, -0.1) is 0 Å². The minimum Gasteiger partial charge on any atom is -0.462 e. The molecule has 1 saturated heterocycles. The van der Waals surface area contributed by atoms with Gasteiger partial charge >= 0.3 is 5.97 Å². The van der Waals surface area contributed by atoms with Crippen molar-refractivity contribution >= 4 is 27.7 Å². The number of esters is 1. The topological polar surface area (TPSA) is 121 Å². The molecule has 1 aliphatic heterocycles. The Morgan fingerprint density at radius 3 is 2.73 bits per heavy atom. The zero-order valence-corrected chi connectivity index (χ0v) is 18.1. The number of anilines is 1. The van der Waals surface area contributed by atoms with Crippen molar-refractivity contribution in [1.29, 1.82) is 0 Å². The van der Waals surface area contributed by atoms with Crippen molar-refractivity contribution in [3.05, 3.63) is 41.3 Å². The highest BCUT2D eigenvalue weighted by Gasteiger charge is 2.38. The van der Waals surface area contributed by atoms with E-state index in [4.69, 9.17) is 4.74 Å². The van der Waals surface area contributed by atoms with E-state index in [1.807, 2.05) is 0 Å². The molecule has 0 aliphatic carbocycles. The number of piperidine rings is 1. The third-order valence-corrected chi connectivity index (χ3v) is 7.10. The number of rotatable bonds is 6. The number of carbonyl (C=O) groups excluding carboxylic acids is 2. The quantitative estimate of drug-likeness (QED) is 0.673. The Morgan fingerprint density at radius 2 is 2.07 bits per heavy atom. The Kier molecular flexibility index (Phi) is 6.57. The Bertz CT molecular complexity index is 1030. The highest BCUT2D eigenvalue weighted by molar-refractivity contribution is 7.89. The number of aromatic amines is 1. The van der Waals surface area contributed by atoms with Gasteiger partial charge in [0, 0.05) is 30.7 Å². The molecular weight excluding hydrogens is 408 g/mol. The van der Waals surface area contributed by atoms with E-state index < -0.39 is 21.9 Å². The van der Waals surface area contributed by atoms with E-state index in [-0.39, 0.29) is 36.1 Å². The lowest BCUT2D eigenvalue weighted by atomic mass is 9.99. The molecule has 0 spiro atoms. The third-order valence-electron chi connectivity index (χ3n) is 5.07. The smallest absolute Gasteiger partial charge is 0.341 e. The number of aromatic nitrogens is 2. The summed E-state index contributed by atoms with van der Waals surface area (Å²) in [5.74, 6) is -1.05. The predicted molar refractivity (Wildman–Crippen MR) is 111 cm³/mol. The Balaban J connectivity index is 1.85. The van der Waals surface area contributed by atoms with Crippen molar-refractivity contribution in [3.8, 4) is 0 Å². The standard InChI is InChI=1S/C20H26N4O5S/c1-4-29-20(26)17-13(2)22-14(3)18(17)30(27,28)24-11-7-8-15(12-24)19(25)23-16-9-5-6-10-21-16/h5-6,9-10,15,22H,4,7-8,11-12H2,1-3H3,(H,21,23,25)/t15-/m1/s1. The molecule has 1 atom stereocenters. The maximum Gasteiger partial charge on any atom is 0.341 e. The van der Waals surface area contributed by atoms with Gasteiger partial charge in [-0.1, -0.05) is 6.07 Å². The number of amides is 1. The zero-order chi connectivity index (χ0) is 21.9. The lowest BCUT2D eigenvalue weighted by Gasteiger charge is -2.31. The van der Waals surface area contributed by atoms with Crippen molar-refractivity contribution in [2.75, 3.05) is 25.0 Å².